The van der Waals surface area contributed by atoms with Crippen LogP contribution in [0.4, 0.5) is 0 Å². The number of nitrogens with two attached hydrogens (primary N) is 1. The maximum absolute atomic E-state index is 12.5. The van der Waals surface area contributed by atoms with Gasteiger partial charge in [0.25, 0.3) is 5.91 Å². The van der Waals surface area contributed by atoms with Crippen LogP contribution in [0.25, 0.3) is 0 Å². The van der Waals surface area contributed by atoms with E-state index < -0.39 is 0 Å². The molecule has 4 heteroatoms. The molecule has 2 heterocycles. The Morgan fingerprint density at radius 1 is 1.35 bits per heavy atom. The molecule has 4 nitrogen and oxygen atoms in total. The Labute approximate surface area is 119 Å². The van der Waals surface area contributed by atoms with Crippen molar-refractivity contribution in [3.63, 3.8) is 0 Å². The van der Waals surface area contributed by atoms with Gasteiger partial charge in [-0.2, -0.15) is 0 Å². The minimum absolute atomic E-state index is 0.129. The van der Waals surface area contributed by atoms with E-state index >= 15 is 0 Å². The van der Waals surface area contributed by atoms with Crippen molar-refractivity contribution in [3.05, 3.63) is 29.8 Å². The van der Waals surface area contributed by atoms with E-state index in [1.807, 2.05) is 29.2 Å². The third-order valence-corrected chi connectivity index (χ3v) is 4.52. The molecule has 1 aromatic rings. The van der Waals surface area contributed by atoms with Crippen LogP contribution < -0.4 is 10.5 Å². The van der Waals surface area contributed by atoms with E-state index in [2.05, 4.69) is 6.92 Å². The van der Waals surface area contributed by atoms with Crippen LogP contribution in [0.15, 0.2) is 24.3 Å². The van der Waals surface area contributed by atoms with E-state index in [4.69, 9.17) is 10.5 Å². The average Bonchev–Trinajstić information content (AvgIpc) is 2.90. The summed E-state index contributed by atoms with van der Waals surface area (Å²) >= 11 is 0. The zero-order valence-electron chi connectivity index (χ0n) is 11.9. The number of piperidine rings is 1. The molecule has 1 saturated heterocycles. The summed E-state index contributed by atoms with van der Waals surface area (Å²) < 4.78 is 5.78. The molecule has 1 amide bonds. The van der Waals surface area contributed by atoms with Crippen LogP contribution in [0.2, 0.25) is 0 Å². The average molecular weight is 274 g/mol. The van der Waals surface area contributed by atoms with Crippen LogP contribution >= 0.6 is 0 Å². The zero-order valence-corrected chi connectivity index (χ0v) is 11.9. The van der Waals surface area contributed by atoms with Gasteiger partial charge in [-0.05, 0) is 37.3 Å². The molecule has 0 saturated carbocycles. The molecule has 1 fully saturated rings. The van der Waals surface area contributed by atoms with Crippen LogP contribution in [0.1, 0.15) is 25.3 Å². The lowest BCUT2D eigenvalue weighted by Gasteiger charge is -2.34. The summed E-state index contributed by atoms with van der Waals surface area (Å²) in [5.74, 6) is 1.53. The maximum atomic E-state index is 12.5. The molecule has 2 aliphatic rings. The monoisotopic (exact) mass is 274 g/mol. The minimum Gasteiger partial charge on any atom is -0.480 e. The van der Waals surface area contributed by atoms with E-state index in [9.17, 15) is 4.79 Å². The number of hydrogen-bond acceptors (Lipinski definition) is 3. The van der Waals surface area contributed by atoms with Gasteiger partial charge in [-0.3, -0.25) is 4.79 Å². The molecule has 0 bridgehead atoms. The quantitative estimate of drug-likeness (QED) is 0.890. The van der Waals surface area contributed by atoms with Gasteiger partial charge in [0.15, 0.2) is 6.10 Å². The van der Waals surface area contributed by atoms with E-state index in [1.54, 1.807) is 0 Å². The van der Waals surface area contributed by atoms with Gasteiger partial charge in [-0.25, -0.2) is 0 Å². The van der Waals surface area contributed by atoms with E-state index in [1.165, 1.54) is 0 Å². The Bertz CT molecular complexity index is 468. The van der Waals surface area contributed by atoms with Crippen molar-refractivity contribution in [2.75, 3.05) is 13.1 Å². The lowest BCUT2D eigenvalue weighted by Crippen LogP contribution is -2.47. The normalized spacial score (nSPS) is 24.1. The lowest BCUT2D eigenvalue weighted by molar-refractivity contribution is -0.139. The van der Waals surface area contributed by atoms with Crippen molar-refractivity contribution < 1.29 is 9.53 Å². The highest BCUT2D eigenvalue weighted by Crippen LogP contribution is 2.30. The minimum atomic E-state index is -0.334. The summed E-state index contributed by atoms with van der Waals surface area (Å²) in [5, 5.41) is 0. The summed E-state index contributed by atoms with van der Waals surface area (Å²) in [7, 11) is 0. The Morgan fingerprint density at radius 3 is 2.70 bits per heavy atom. The maximum Gasteiger partial charge on any atom is 0.263 e. The number of carbonyl (C=O) groups excluding carboxylic acids is 1. The number of ether oxygens (including phenoxy) is 1. The fourth-order valence-corrected chi connectivity index (χ4v) is 3.17. The van der Waals surface area contributed by atoms with E-state index in [0.29, 0.717) is 12.3 Å². The molecule has 2 unspecified atom stereocenters. The van der Waals surface area contributed by atoms with Crippen molar-refractivity contribution in [3.8, 4) is 5.75 Å². The molecule has 2 N–H and O–H groups in total. The van der Waals surface area contributed by atoms with E-state index in [-0.39, 0.29) is 18.1 Å². The van der Waals surface area contributed by atoms with Gasteiger partial charge in [0.2, 0.25) is 0 Å². The second-order valence-electron chi connectivity index (χ2n) is 5.94. The molecule has 0 radical (unpaired) electrons. The zero-order chi connectivity index (χ0) is 14.1. The summed E-state index contributed by atoms with van der Waals surface area (Å²) in [6, 6.07) is 8.12. The molecular formula is C16H22N2O2. The van der Waals surface area contributed by atoms with Crippen LogP contribution in [0.5, 0.6) is 5.75 Å². The molecular weight excluding hydrogens is 252 g/mol. The van der Waals surface area contributed by atoms with Crippen LogP contribution in [0, 0.1) is 5.92 Å². The molecule has 20 heavy (non-hydrogen) atoms. The fraction of sp³-hybridized carbons (Fsp3) is 0.562. The number of para-hydroxylation sites is 1. The fourth-order valence-electron chi connectivity index (χ4n) is 3.17. The predicted molar refractivity (Wildman–Crippen MR) is 77.5 cm³/mol. The van der Waals surface area contributed by atoms with Crippen molar-refractivity contribution in [2.45, 2.75) is 38.3 Å². The first kappa shape index (κ1) is 13.4. The summed E-state index contributed by atoms with van der Waals surface area (Å²) in [4.78, 5) is 14.5. The summed E-state index contributed by atoms with van der Waals surface area (Å²) in [6.07, 6.45) is 2.37. The first-order valence-corrected chi connectivity index (χ1v) is 7.44. The molecule has 1 aromatic carbocycles. The first-order chi connectivity index (χ1) is 9.65. The number of amides is 1. The van der Waals surface area contributed by atoms with Gasteiger partial charge in [0, 0.05) is 25.6 Å². The molecule has 0 aliphatic carbocycles. The lowest BCUT2D eigenvalue weighted by atomic mass is 9.90. The van der Waals surface area contributed by atoms with Crippen molar-refractivity contribution >= 4 is 5.91 Å². The van der Waals surface area contributed by atoms with Gasteiger partial charge < -0.3 is 15.4 Å². The number of hydrogen-bond donors (Lipinski definition) is 1. The highest BCUT2D eigenvalue weighted by Gasteiger charge is 2.34. The summed E-state index contributed by atoms with van der Waals surface area (Å²) in [5.41, 5.74) is 7.08. The number of nitrogens with zero attached hydrogens (tertiary/aromatic N) is 1. The van der Waals surface area contributed by atoms with Crippen LogP contribution in [-0.4, -0.2) is 36.0 Å². The molecule has 2 aliphatic heterocycles. The second-order valence-corrected chi connectivity index (χ2v) is 5.94. The third-order valence-electron chi connectivity index (χ3n) is 4.52. The van der Waals surface area contributed by atoms with Gasteiger partial charge in [0.05, 0.1) is 0 Å². The third kappa shape index (κ3) is 2.52. The Morgan fingerprint density at radius 2 is 2.05 bits per heavy atom. The van der Waals surface area contributed by atoms with Gasteiger partial charge in [0.1, 0.15) is 5.75 Å². The van der Waals surface area contributed by atoms with E-state index in [0.717, 1.165) is 37.2 Å². The first-order valence-electron chi connectivity index (χ1n) is 7.44. The molecule has 0 spiro atoms. The topological polar surface area (TPSA) is 55.6 Å². The van der Waals surface area contributed by atoms with Gasteiger partial charge >= 0.3 is 0 Å². The Balaban J connectivity index is 1.59. The van der Waals surface area contributed by atoms with Gasteiger partial charge in [-0.15, -0.1) is 0 Å². The number of carbonyl (C=O) groups is 1. The van der Waals surface area contributed by atoms with Crippen molar-refractivity contribution in [1.82, 2.24) is 4.90 Å². The second kappa shape index (κ2) is 5.44. The number of fused-ring (bicyclic) bond motifs is 1. The molecule has 108 valence electrons. The molecule has 2 atom stereocenters. The highest BCUT2D eigenvalue weighted by molar-refractivity contribution is 5.82. The predicted octanol–water partition coefficient (Wildman–Crippen LogP) is 1.58. The van der Waals surface area contributed by atoms with Gasteiger partial charge in [-0.1, -0.05) is 18.2 Å². The van der Waals surface area contributed by atoms with Crippen LogP contribution in [-0.2, 0) is 11.2 Å². The Hall–Kier alpha value is -1.55. The Kier molecular flexibility index (Phi) is 3.66. The molecule has 3 rings (SSSR count). The smallest absolute Gasteiger partial charge is 0.263 e. The largest absolute Gasteiger partial charge is 0.480 e. The number of likely N-dealkylation sites (tertiary alicyclic amines) is 1. The number of rotatable bonds is 2. The van der Waals surface area contributed by atoms with Crippen LogP contribution in [0.3, 0.4) is 0 Å². The van der Waals surface area contributed by atoms with Crippen molar-refractivity contribution in [1.29, 1.82) is 0 Å². The molecule has 0 aromatic heterocycles. The SMILES string of the molecule is CC(N)C1CCN(C(=O)C2Cc3ccccc3O2)CC1. The standard InChI is InChI=1S/C16H22N2O2/c1-11(17)12-6-8-18(9-7-12)16(19)15-10-13-4-2-3-5-14(13)20-15/h2-5,11-12,15H,6-10,17H2,1H3. The number of benzene rings is 1. The highest BCUT2D eigenvalue weighted by atomic mass is 16.5. The summed E-state index contributed by atoms with van der Waals surface area (Å²) in [6.45, 7) is 3.67. The van der Waals surface area contributed by atoms with Crippen molar-refractivity contribution in [2.24, 2.45) is 11.7 Å².